The van der Waals surface area contributed by atoms with Crippen LogP contribution in [0.25, 0.3) is 11.2 Å². The summed E-state index contributed by atoms with van der Waals surface area (Å²) in [6, 6.07) is 7.68. The number of benzene rings is 1. The van der Waals surface area contributed by atoms with Gasteiger partial charge in [-0.05, 0) is 23.6 Å². The normalized spacial score (nSPS) is 11.7. The maximum atomic E-state index is 12.3. The molecular weight excluding hydrogens is 400 g/mol. The minimum absolute atomic E-state index is 0.278. The molecule has 0 aliphatic heterocycles. The Hall–Kier alpha value is -2.68. The van der Waals surface area contributed by atoms with Crippen LogP contribution in [-0.2, 0) is 13.6 Å². The number of aryl methyl sites for hydroxylation is 1. The molecule has 3 aromatic rings. The number of imidazole rings is 1. The van der Waals surface area contributed by atoms with Crippen LogP contribution in [0.5, 0.6) is 0 Å². The van der Waals surface area contributed by atoms with Gasteiger partial charge in [0.2, 0.25) is 5.95 Å². The monoisotopic (exact) mass is 418 g/mol. The van der Waals surface area contributed by atoms with Gasteiger partial charge in [-0.3, -0.25) is 14.3 Å². The molecule has 3 rings (SSSR count). The van der Waals surface area contributed by atoms with Crippen molar-refractivity contribution in [2.24, 2.45) is 18.1 Å². The van der Waals surface area contributed by atoms with E-state index in [9.17, 15) is 9.59 Å². The van der Waals surface area contributed by atoms with Gasteiger partial charge < -0.3 is 4.57 Å². The zero-order valence-corrected chi connectivity index (χ0v) is 16.2. The third-order valence-corrected chi connectivity index (χ3v) is 4.33. The number of hydrogen-bond donors (Lipinski definition) is 2. The molecule has 136 valence electrons. The van der Waals surface area contributed by atoms with Gasteiger partial charge in [0.25, 0.3) is 5.56 Å². The lowest BCUT2D eigenvalue weighted by atomic mass is 10.2. The van der Waals surface area contributed by atoms with E-state index in [-0.39, 0.29) is 5.92 Å². The number of fused-ring (bicyclic) bond motifs is 1. The number of H-pyrrole nitrogens is 1. The Balaban J connectivity index is 2.02. The molecule has 0 atom stereocenters. The molecule has 26 heavy (non-hydrogen) atoms. The van der Waals surface area contributed by atoms with E-state index in [1.807, 2.05) is 38.1 Å². The summed E-state index contributed by atoms with van der Waals surface area (Å²) in [5, 5.41) is 4.21. The largest absolute Gasteiger partial charge is 0.329 e. The van der Waals surface area contributed by atoms with Crippen LogP contribution in [0.4, 0.5) is 5.95 Å². The van der Waals surface area contributed by atoms with Gasteiger partial charge in [0.15, 0.2) is 11.2 Å². The van der Waals surface area contributed by atoms with Crippen molar-refractivity contribution in [3.63, 3.8) is 0 Å². The molecule has 0 unspecified atom stereocenters. The van der Waals surface area contributed by atoms with Crippen LogP contribution < -0.4 is 16.7 Å². The molecule has 2 N–H and O–H groups in total. The summed E-state index contributed by atoms with van der Waals surface area (Å²) in [4.78, 5) is 30.8. The number of hydrazone groups is 1. The lowest BCUT2D eigenvalue weighted by molar-refractivity contribution is 0.535. The number of rotatable bonds is 5. The van der Waals surface area contributed by atoms with Crippen molar-refractivity contribution in [2.75, 3.05) is 5.43 Å². The van der Waals surface area contributed by atoms with Crippen molar-refractivity contribution in [3.8, 4) is 0 Å². The van der Waals surface area contributed by atoms with Crippen LogP contribution in [-0.4, -0.2) is 25.3 Å². The number of nitrogens with zero attached hydrogens (tertiary/aromatic N) is 4. The Bertz CT molecular complexity index is 1080. The molecule has 2 aromatic heterocycles. The van der Waals surface area contributed by atoms with Crippen molar-refractivity contribution in [3.05, 3.63) is 55.1 Å². The highest BCUT2D eigenvalue weighted by Gasteiger charge is 2.17. The highest BCUT2D eigenvalue weighted by atomic mass is 79.9. The number of hydrogen-bond acceptors (Lipinski definition) is 5. The Kier molecular flexibility index (Phi) is 5.08. The predicted octanol–water partition coefficient (Wildman–Crippen LogP) is 2.29. The first-order valence-electron chi connectivity index (χ1n) is 8.11. The third-order valence-electron chi connectivity index (χ3n) is 3.80. The van der Waals surface area contributed by atoms with Gasteiger partial charge in [0, 0.05) is 18.1 Å². The maximum Gasteiger partial charge on any atom is 0.329 e. The van der Waals surface area contributed by atoms with E-state index in [1.165, 1.54) is 4.57 Å². The van der Waals surface area contributed by atoms with E-state index in [2.05, 4.69) is 36.4 Å². The standard InChI is InChI=1S/C17H19BrN6O2/c1-10(2)9-24-13-14(23(3)17(26)21-15(13)25)20-16(24)22-19-8-11-4-6-12(18)7-5-11/h4-8,10H,9H2,1-3H3,(H,20,22)(H,21,25,26)/b19-8-. The molecule has 0 saturated carbocycles. The van der Waals surface area contributed by atoms with E-state index >= 15 is 0 Å². The average molecular weight is 419 g/mol. The van der Waals surface area contributed by atoms with Crippen molar-refractivity contribution in [1.82, 2.24) is 19.1 Å². The zero-order valence-electron chi connectivity index (χ0n) is 14.7. The molecule has 0 radical (unpaired) electrons. The van der Waals surface area contributed by atoms with Gasteiger partial charge in [0.05, 0.1) is 6.21 Å². The highest BCUT2D eigenvalue weighted by molar-refractivity contribution is 9.10. The van der Waals surface area contributed by atoms with Crippen molar-refractivity contribution >= 4 is 39.3 Å². The second-order valence-electron chi connectivity index (χ2n) is 6.35. The Labute approximate surface area is 157 Å². The van der Waals surface area contributed by atoms with E-state index in [0.29, 0.717) is 23.7 Å². The van der Waals surface area contributed by atoms with Crippen LogP contribution in [0.15, 0.2) is 43.4 Å². The van der Waals surface area contributed by atoms with E-state index in [4.69, 9.17) is 0 Å². The fraction of sp³-hybridized carbons (Fsp3) is 0.294. The summed E-state index contributed by atoms with van der Waals surface area (Å²) in [7, 11) is 1.57. The second-order valence-corrected chi connectivity index (χ2v) is 7.27. The Morgan fingerprint density at radius 3 is 2.65 bits per heavy atom. The van der Waals surface area contributed by atoms with E-state index in [0.717, 1.165) is 10.0 Å². The fourth-order valence-corrected chi connectivity index (χ4v) is 2.84. The molecule has 0 amide bonds. The first-order chi connectivity index (χ1) is 12.4. The highest BCUT2D eigenvalue weighted by Crippen LogP contribution is 2.17. The molecule has 2 heterocycles. The smallest absolute Gasteiger partial charge is 0.303 e. The van der Waals surface area contributed by atoms with Crippen LogP contribution in [0, 0.1) is 5.92 Å². The molecule has 0 fully saturated rings. The summed E-state index contributed by atoms with van der Waals surface area (Å²) in [6.07, 6.45) is 1.66. The van der Waals surface area contributed by atoms with Gasteiger partial charge in [-0.15, -0.1) is 0 Å². The fourth-order valence-electron chi connectivity index (χ4n) is 2.58. The zero-order chi connectivity index (χ0) is 18.8. The predicted molar refractivity (Wildman–Crippen MR) is 106 cm³/mol. The number of anilines is 1. The second kappa shape index (κ2) is 7.28. The van der Waals surface area contributed by atoms with Crippen molar-refractivity contribution in [1.29, 1.82) is 0 Å². The molecule has 0 saturated heterocycles. The molecule has 0 spiro atoms. The van der Waals surface area contributed by atoms with Crippen LogP contribution in [0.3, 0.4) is 0 Å². The molecule has 9 heteroatoms. The van der Waals surface area contributed by atoms with Gasteiger partial charge in [-0.25, -0.2) is 10.2 Å². The summed E-state index contributed by atoms with van der Waals surface area (Å²) in [5.41, 5.74) is 3.51. The minimum atomic E-state index is -0.499. The molecule has 0 aliphatic carbocycles. The third kappa shape index (κ3) is 3.62. The van der Waals surface area contributed by atoms with Gasteiger partial charge in [-0.1, -0.05) is 41.9 Å². The lowest BCUT2D eigenvalue weighted by Crippen LogP contribution is -2.29. The summed E-state index contributed by atoms with van der Waals surface area (Å²) < 4.78 is 4.05. The average Bonchev–Trinajstić information content (AvgIpc) is 2.93. The molecular formula is C17H19BrN6O2. The van der Waals surface area contributed by atoms with Crippen molar-refractivity contribution in [2.45, 2.75) is 20.4 Å². The maximum absolute atomic E-state index is 12.3. The lowest BCUT2D eigenvalue weighted by Gasteiger charge is -2.10. The first kappa shape index (κ1) is 18.1. The number of nitrogens with one attached hydrogen (secondary N) is 2. The topological polar surface area (TPSA) is 97.1 Å². The molecule has 0 bridgehead atoms. The summed E-state index contributed by atoms with van der Waals surface area (Å²) >= 11 is 3.39. The van der Waals surface area contributed by atoms with Gasteiger partial charge in [0.1, 0.15) is 0 Å². The van der Waals surface area contributed by atoms with Gasteiger partial charge in [-0.2, -0.15) is 10.1 Å². The Morgan fingerprint density at radius 2 is 2.00 bits per heavy atom. The van der Waals surface area contributed by atoms with Gasteiger partial charge >= 0.3 is 5.69 Å². The number of aromatic nitrogens is 4. The quantitative estimate of drug-likeness (QED) is 0.490. The first-order valence-corrected chi connectivity index (χ1v) is 8.90. The number of aromatic amines is 1. The minimum Gasteiger partial charge on any atom is -0.303 e. The SMILES string of the molecule is CC(C)Cn1c(N/N=C\c2ccc(Br)cc2)nc2c1c(=O)[nH]c(=O)n2C. The summed E-state index contributed by atoms with van der Waals surface area (Å²) in [5.74, 6) is 0.689. The van der Waals surface area contributed by atoms with Crippen LogP contribution >= 0.6 is 15.9 Å². The van der Waals surface area contributed by atoms with E-state index in [1.54, 1.807) is 17.8 Å². The molecule has 1 aromatic carbocycles. The van der Waals surface area contributed by atoms with Crippen LogP contribution in [0.2, 0.25) is 0 Å². The molecule has 8 nitrogen and oxygen atoms in total. The molecule has 0 aliphatic rings. The van der Waals surface area contributed by atoms with E-state index < -0.39 is 11.2 Å². The number of halogens is 1. The van der Waals surface area contributed by atoms with Crippen LogP contribution in [0.1, 0.15) is 19.4 Å². The van der Waals surface area contributed by atoms with Crippen molar-refractivity contribution < 1.29 is 0 Å². The Morgan fingerprint density at radius 1 is 1.31 bits per heavy atom. The summed E-state index contributed by atoms with van der Waals surface area (Å²) in [6.45, 7) is 4.64.